The number of benzene rings is 1. The fourth-order valence-corrected chi connectivity index (χ4v) is 1.31. The zero-order valence-electron chi connectivity index (χ0n) is 8.23. The Balaban J connectivity index is 2.33. The highest BCUT2D eigenvalue weighted by Gasteiger charge is 2.03. The van der Waals surface area contributed by atoms with Crippen LogP contribution in [-0.2, 0) is 0 Å². The molecule has 0 atom stereocenters. The lowest BCUT2D eigenvalue weighted by molar-refractivity contribution is 0.415. The van der Waals surface area contributed by atoms with Crippen molar-refractivity contribution in [3.8, 4) is 23.1 Å². The van der Waals surface area contributed by atoms with E-state index in [9.17, 15) is 0 Å². The number of hydrogen-bond acceptors (Lipinski definition) is 3. The second-order valence-corrected chi connectivity index (χ2v) is 3.00. The summed E-state index contributed by atoms with van der Waals surface area (Å²) in [6.07, 6.45) is 0. The molecule has 0 aliphatic carbocycles. The van der Waals surface area contributed by atoms with E-state index >= 15 is 0 Å². The van der Waals surface area contributed by atoms with E-state index in [-0.39, 0.29) is 0 Å². The Morgan fingerprint density at radius 3 is 2.40 bits per heavy atom. The van der Waals surface area contributed by atoms with E-state index < -0.39 is 0 Å². The molecular formula is C12H9NO2. The summed E-state index contributed by atoms with van der Waals surface area (Å²) >= 11 is 0. The van der Waals surface area contributed by atoms with Gasteiger partial charge in [-0.2, -0.15) is 5.26 Å². The van der Waals surface area contributed by atoms with Gasteiger partial charge in [0.15, 0.2) is 0 Å². The largest absolute Gasteiger partial charge is 0.497 e. The molecule has 0 saturated carbocycles. The Kier molecular flexibility index (Phi) is 2.42. The molecule has 0 unspecified atom stereocenters. The van der Waals surface area contributed by atoms with Gasteiger partial charge in [0.1, 0.15) is 17.6 Å². The standard InChI is InChI=1S/C12H9NO2/c1-14-10-4-2-9(3-5-10)12-7-6-11(8-13)15-12/h2-7H,1H3. The molecule has 1 heterocycles. The summed E-state index contributed by atoms with van der Waals surface area (Å²) in [6, 6.07) is 12.9. The zero-order chi connectivity index (χ0) is 10.7. The van der Waals surface area contributed by atoms with Crippen molar-refractivity contribution in [2.45, 2.75) is 0 Å². The summed E-state index contributed by atoms with van der Waals surface area (Å²) in [6.45, 7) is 0. The maximum Gasteiger partial charge on any atom is 0.204 e. The van der Waals surface area contributed by atoms with Gasteiger partial charge in [0.05, 0.1) is 7.11 Å². The molecule has 74 valence electrons. The number of ether oxygens (including phenoxy) is 1. The topological polar surface area (TPSA) is 46.2 Å². The first kappa shape index (κ1) is 9.35. The maximum absolute atomic E-state index is 8.62. The van der Waals surface area contributed by atoms with Crippen molar-refractivity contribution in [3.63, 3.8) is 0 Å². The van der Waals surface area contributed by atoms with Crippen molar-refractivity contribution in [2.24, 2.45) is 0 Å². The minimum absolute atomic E-state index is 0.320. The molecule has 0 spiro atoms. The molecule has 0 bridgehead atoms. The first-order valence-corrected chi connectivity index (χ1v) is 4.48. The molecule has 1 aromatic carbocycles. The number of furan rings is 1. The Hall–Kier alpha value is -2.21. The van der Waals surface area contributed by atoms with E-state index in [0.717, 1.165) is 11.3 Å². The highest BCUT2D eigenvalue weighted by molar-refractivity contribution is 5.59. The van der Waals surface area contributed by atoms with Crippen molar-refractivity contribution in [1.82, 2.24) is 0 Å². The fourth-order valence-electron chi connectivity index (χ4n) is 1.31. The van der Waals surface area contributed by atoms with Gasteiger partial charge >= 0.3 is 0 Å². The molecule has 3 heteroatoms. The van der Waals surface area contributed by atoms with Crippen molar-refractivity contribution < 1.29 is 9.15 Å². The molecule has 2 rings (SSSR count). The first-order chi connectivity index (χ1) is 7.33. The van der Waals surface area contributed by atoms with E-state index in [0.29, 0.717) is 11.5 Å². The van der Waals surface area contributed by atoms with Crippen LogP contribution in [0.15, 0.2) is 40.8 Å². The van der Waals surface area contributed by atoms with Crippen molar-refractivity contribution in [2.75, 3.05) is 7.11 Å². The van der Waals surface area contributed by atoms with Crippen LogP contribution in [0.4, 0.5) is 0 Å². The zero-order valence-corrected chi connectivity index (χ0v) is 8.23. The van der Waals surface area contributed by atoms with Crippen molar-refractivity contribution in [1.29, 1.82) is 5.26 Å². The van der Waals surface area contributed by atoms with Crippen LogP contribution in [0.25, 0.3) is 11.3 Å². The third kappa shape index (κ3) is 1.84. The molecule has 15 heavy (non-hydrogen) atoms. The lowest BCUT2D eigenvalue weighted by atomic mass is 10.2. The SMILES string of the molecule is COc1ccc(-c2ccc(C#N)o2)cc1. The minimum Gasteiger partial charge on any atom is -0.497 e. The Labute approximate surface area is 87.5 Å². The summed E-state index contributed by atoms with van der Waals surface area (Å²) in [7, 11) is 1.62. The van der Waals surface area contributed by atoms with Gasteiger partial charge in [-0.15, -0.1) is 0 Å². The third-order valence-electron chi connectivity index (χ3n) is 2.09. The Morgan fingerprint density at radius 2 is 1.87 bits per heavy atom. The van der Waals surface area contributed by atoms with Crippen LogP contribution in [0.5, 0.6) is 5.75 Å². The van der Waals surface area contributed by atoms with Crippen LogP contribution in [0.1, 0.15) is 5.76 Å². The van der Waals surface area contributed by atoms with E-state index in [1.165, 1.54) is 0 Å². The molecule has 2 aromatic rings. The fraction of sp³-hybridized carbons (Fsp3) is 0.0833. The van der Waals surface area contributed by atoms with E-state index in [1.54, 1.807) is 19.2 Å². The van der Waals surface area contributed by atoms with Crippen molar-refractivity contribution >= 4 is 0 Å². The van der Waals surface area contributed by atoms with E-state index in [1.807, 2.05) is 30.3 Å². The first-order valence-electron chi connectivity index (χ1n) is 4.48. The van der Waals surface area contributed by atoms with Gasteiger partial charge in [-0.1, -0.05) is 0 Å². The average molecular weight is 199 g/mol. The second kappa shape index (κ2) is 3.89. The smallest absolute Gasteiger partial charge is 0.204 e. The Morgan fingerprint density at radius 1 is 1.13 bits per heavy atom. The molecule has 1 aromatic heterocycles. The molecule has 0 radical (unpaired) electrons. The number of nitriles is 1. The monoisotopic (exact) mass is 199 g/mol. The van der Waals surface area contributed by atoms with Crippen LogP contribution in [0.3, 0.4) is 0 Å². The van der Waals surface area contributed by atoms with Crippen LogP contribution >= 0.6 is 0 Å². The average Bonchev–Trinajstić information content (AvgIpc) is 2.78. The summed E-state index contributed by atoms with van der Waals surface area (Å²) in [5.74, 6) is 1.81. The molecule has 0 aliphatic heterocycles. The van der Waals surface area contributed by atoms with Gasteiger partial charge in [-0.25, -0.2) is 0 Å². The van der Waals surface area contributed by atoms with E-state index in [2.05, 4.69) is 0 Å². The van der Waals surface area contributed by atoms with Gasteiger partial charge in [0.25, 0.3) is 0 Å². The summed E-state index contributed by atoms with van der Waals surface area (Å²) in [4.78, 5) is 0. The van der Waals surface area contributed by atoms with Crippen LogP contribution in [0.2, 0.25) is 0 Å². The molecule has 0 amide bonds. The maximum atomic E-state index is 8.62. The van der Waals surface area contributed by atoms with Gasteiger partial charge in [0.2, 0.25) is 5.76 Å². The summed E-state index contributed by atoms with van der Waals surface area (Å²) in [5, 5.41) is 8.62. The predicted molar refractivity (Wildman–Crippen MR) is 55.4 cm³/mol. The Bertz CT molecular complexity index is 491. The molecule has 0 aliphatic rings. The number of rotatable bonds is 2. The van der Waals surface area contributed by atoms with E-state index in [4.69, 9.17) is 14.4 Å². The quantitative estimate of drug-likeness (QED) is 0.747. The highest BCUT2D eigenvalue weighted by atomic mass is 16.5. The highest BCUT2D eigenvalue weighted by Crippen LogP contribution is 2.23. The van der Waals surface area contributed by atoms with Gasteiger partial charge in [-0.3, -0.25) is 0 Å². The normalized spacial score (nSPS) is 9.60. The lowest BCUT2D eigenvalue weighted by Gasteiger charge is -2.00. The van der Waals surface area contributed by atoms with Crippen LogP contribution in [-0.4, -0.2) is 7.11 Å². The van der Waals surface area contributed by atoms with Gasteiger partial charge in [-0.05, 0) is 36.4 Å². The second-order valence-electron chi connectivity index (χ2n) is 3.00. The lowest BCUT2D eigenvalue weighted by Crippen LogP contribution is -1.81. The molecular weight excluding hydrogens is 190 g/mol. The summed E-state index contributed by atoms with van der Waals surface area (Å²) < 4.78 is 10.3. The van der Waals surface area contributed by atoms with Crippen LogP contribution < -0.4 is 4.74 Å². The van der Waals surface area contributed by atoms with Crippen LogP contribution in [0, 0.1) is 11.3 Å². The summed E-state index contributed by atoms with van der Waals surface area (Å²) in [5.41, 5.74) is 0.928. The molecule has 0 fully saturated rings. The van der Waals surface area contributed by atoms with Crippen molar-refractivity contribution in [3.05, 3.63) is 42.2 Å². The minimum atomic E-state index is 0.320. The number of nitrogens with zero attached hydrogens (tertiary/aromatic N) is 1. The van der Waals surface area contributed by atoms with Gasteiger partial charge in [0, 0.05) is 5.56 Å². The molecule has 0 N–H and O–H groups in total. The number of methoxy groups -OCH3 is 1. The van der Waals surface area contributed by atoms with Gasteiger partial charge < -0.3 is 9.15 Å². The molecule has 3 nitrogen and oxygen atoms in total. The third-order valence-corrected chi connectivity index (χ3v) is 2.09. The number of hydrogen-bond donors (Lipinski definition) is 0. The molecule has 0 saturated heterocycles. The predicted octanol–water partition coefficient (Wildman–Crippen LogP) is 2.83.